The third kappa shape index (κ3) is 17.7. The molecule has 0 spiro atoms. The van der Waals surface area contributed by atoms with E-state index in [2.05, 4.69) is 48.7 Å². The number of halogens is 2. The lowest BCUT2D eigenvalue weighted by molar-refractivity contribution is -0.206. The van der Waals surface area contributed by atoms with Gasteiger partial charge in [-0.25, -0.2) is 14.4 Å². The van der Waals surface area contributed by atoms with Gasteiger partial charge in [0.1, 0.15) is 99.9 Å². The van der Waals surface area contributed by atoms with Gasteiger partial charge in [-0.3, -0.25) is 29.0 Å². The fourth-order valence-corrected chi connectivity index (χ4v) is 21.4. The van der Waals surface area contributed by atoms with E-state index in [1.54, 1.807) is 45.6 Å². The number of likely N-dealkylation sites (N-methyl/N-ethyl adjacent to an activating group) is 2. The van der Waals surface area contributed by atoms with Gasteiger partial charge in [-0.2, -0.15) is 0 Å². The third-order valence-corrected chi connectivity index (χ3v) is 27.1. The molecule has 6 N–H and O–H groups in total. The Hall–Kier alpha value is -7.51. The van der Waals surface area contributed by atoms with Crippen molar-refractivity contribution in [2.24, 2.45) is 29.6 Å². The minimum absolute atomic E-state index is 0.0759. The summed E-state index contributed by atoms with van der Waals surface area (Å²) >= 11 is 15.7. The molecule has 4 aliphatic heterocycles. The predicted molar refractivity (Wildman–Crippen MR) is 441 cm³/mol. The number of carbonyl (C=O) groups excluding carboxylic acids is 5. The van der Waals surface area contributed by atoms with Gasteiger partial charge in [0.05, 0.1) is 47.6 Å². The number of alkyl halides is 2. The summed E-state index contributed by atoms with van der Waals surface area (Å²) in [6.45, 7) is 7.92. The number of nitrogens with one attached hydrogen (secondary N) is 2. The summed E-state index contributed by atoms with van der Waals surface area (Å²) in [6, 6.07) is 25.3. The maximum absolute atomic E-state index is 14.7. The number of amides is 2. The van der Waals surface area contributed by atoms with Gasteiger partial charge in [-0.1, -0.05) is 63.1 Å². The van der Waals surface area contributed by atoms with Crippen LogP contribution in [-0.2, 0) is 38.7 Å². The molecule has 624 valence electrons. The molecule has 4 saturated carbocycles. The second-order valence-corrected chi connectivity index (χ2v) is 36.2. The van der Waals surface area contributed by atoms with Crippen molar-refractivity contribution in [2.75, 3.05) is 60.0 Å². The van der Waals surface area contributed by atoms with E-state index in [4.69, 9.17) is 69.9 Å². The zero-order valence-electron chi connectivity index (χ0n) is 66.5. The molecule has 5 aromatic carbocycles. The van der Waals surface area contributed by atoms with Gasteiger partial charge in [0.25, 0.3) is 0 Å². The van der Waals surface area contributed by atoms with Crippen molar-refractivity contribution in [1.82, 2.24) is 20.4 Å². The van der Waals surface area contributed by atoms with Crippen molar-refractivity contribution in [3.8, 4) is 28.4 Å². The molecule has 18 unspecified atom stereocenters. The van der Waals surface area contributed by atoms with Gasteiger partial charge in [0.15, 0.2) is 29.2 Å². The number of nitrogens with zero attached hydrogens (tertiary/aromatic N) is 2. The molecule has 2 amide bonds. The largest absolute Gasteiger partial charge is 0.496 e. The molecule has 4 saturated heterocycles. The van der Waals surface area contributed by atoms with E-state index in [0.29, 0.717) is 24.7 Å². The van der Waals surface area contributed by atoms with E-state index in [-0.39, 0.29) is 56.2 Å². The zero-order chi connectivity index (χ0) is 82.3. The maximum atomic E-state index is 14.7. The molecule has 18 atom stereocenters. The molecular weight excluding hydrogens is 1570 g/mol. The van der Waals surface area contributed by atoms with Crippen molar-refractivity contribution in [3.63, 3.8) is 0 Å². The van der Waals surface area contributed by atoms with E-state index in [9.17, 15) is 54.0 Å². The number of carbonyl (C=O) groups is 5. The highest BCUT2D eigenvalue weighted by molar-refractivity contribution is 7.99. The first-order valence-electron chi connectivity index (χ1n) is 40.3. The Morgan fingerprint density at radius 3 is 1.47 bits per heavy atom. The van der Waals surface area contributed by atoms with Crippen LogP contribution in [0.4, 0.5) is 0 Å². The van der Waals surface area contributed by atoms with Crippen molar-refractivity contribution >= 4 is 109 Å². The van der Waals surface area contributed by atoms with Crippen LogP contribution in [0.5, 0.6) is 17.2 Å². The molecule has 8 fully saturated rings. The SMILES string of the molecule is CCCC1CC(C(=O)NC(C(C)Cl)C2OC(SC)C(O)C(OC(=O)c3cc(=O)c4c(OCC(COc5cccc6oc(C(=O)OC7C(O)C(SC)OC(C(NC(=O)C8CC(CCC)CN8C)C(C)Cl)C7O)cc(=O)c56)OC(=O)c5ccc6cc(-c7ccc(OC)c(C89CC%10CC(CC(C%10)C8)C9)c7)ccc6c5)cccc4o3)C2O)N(C)C1. The topological polar surface area (TPSA) is 331 Å². The fraction of sp³-hybridized carbons (Fsp3) is 0.552. The molecule has 25 nitrogen and oxygen atoms in total. The molecule has 2 aromatic heterocycles. The lowest BCUT2D eigenvalue weighted by atomic mass is 9.48. The molecular formula is C87H104Cl2N4O21S2. The van der Waals surface area contributed by atoms with Gasteiger partial charge < -0.3 is 77.8 Å². The van der Waals surface area contributed by atoms with E-state index in [1.807, 2.05) is 42.1 Å². The van der Waals surface area contributed by atoms with Crippen molar-refractivity contribution in [1.29, 1.82) is 0 Å². The molecule has 0 radical (unpaired) electrons. The van der Waals surface area contributed by atoms with Crippen LogP contribution < -0.4 is 35.7 Å². The van der Waals surface area contributed by atoms with E-state index in [0.717, 1.165) is 120 Å². The Morgan fingerprint density at radius 2 is 1.02 bits per heavy atom. The number of rotatable bonds is 29. The number of thioether (sulfide) groups is 2. The first kappa shape index (κ1) is 84.9. The second-order valence-electron chi connectivity index (χ2n) is 33.0. The Bertz CT molecular complexity index is 4650. The first-order valence-corrected chi connectivity index (χ1v) is 43.8. The van der Waals surface area contributed by atoms with Gasteiger partial charge in [-0.15, -0.1) is 46.7 Å². The van der Waals surface area contributed by atoms with Crippen molar-refractivity contribution in [2.45, 2.75) is 211 Å². The summed E-state index contributed by atoms with van der Waals surface area (Å²) in [5, 5.41) is 52.7. The number of hydrogen-bond acceptors (Lipinski definition) is 25. The van der Waals surface area contributed by atoms with Crippen LogP contribution in [-0.4, -0.2) is 221 Å². The smallest absolute Gasteiger partial charge is 0.374 e. The monoisotopic (exact) mass is 1670 g/mol. The second kappa shape index (κ2) is 36.2. The molecule has 29 heteroatoms. The van der Waals surface area contributed by atoms with Crippen LogP contribution in [0.3, 0.4) is 0 Å². The first-order chi connectivity index (χ1) is 55.7. The van der Waals surface area contributed by atoms with Crippen LogP contribution in [0, 0.1) is 29.6 Å². The van der Waals surface area contributed by atoms with Gasteiger partial charge in [0, 0.05) is 30.8 Å². The number of fused-ring (bicyclic) bond motifs is 3. The number of likely N-dealkylation sites (tertiary alicyclic amines) is 2. The highest BCUT2D eigenvalue weighted by Gasteiger charge is 2.55. The number of aliphatic hydroxyl groups is 4. The lowest BCUT2D eigenvalue weighted by Crippen LogP contribution is -2.65. The third-order valence-electron chi connectivity index (χ3n) is 24.9. The summed E-state index contributed by atoms with van der Waals surface area (Å²) in [5.41, 5.74) is -0.394. The summed E-state index contributed by atoms with van der Waals surface area (Å²) in [5.74, 6) is -1.44. The van der Waals surface area contributed by atoms with Crippen molar-refractivity contribution < 1.29 is 91.1 Å². The number of aliphatic hydroxyl groups excluding tert-OH is 4. The number of methoxy groups -OCH3 is 1. The van der Waals surface area contributed by atoms with Crippen LogP contribution in [0.2, 0.25) is 0 Å². The highest BCUT2D eigenvalue weighted by atomic mass is 35.5. The Balaban J connectivity index is 0.707. The molecule has 7 aromatic rings. The van der Waals surface area contributed by atoms with Crippen LogP contribution in [0.1, 0.15) is 142 Å². The van der Waals surface area contributed by atoms with E-state index >= 15 is 0 Å². The molecule has 15 rings (SSSR count). The Labute approximate surface area is 691 Å². The zero-order valence-corrected chi connectivity index (χ0v) is 69.7. The van der Waals surface area contributed by atoms with E-state index < -0.39 is 154 Å². The molecule has 8 aliphatic rings. The van der Waals surface area contributed by atoms with Crippen LogP contribution >= 0.6 is 46.7 Å². The van der Waals surface area contributed by atoms with Crippen molar-refractivity contribution in [3.05, 3.63) is 146 Å². The van der Waals surface area contributed by atoms with Crippen LogP contribution in [0.25, 0.3) is 43.8 Å². The number of hydrogen-bond donors (Lipinski definition) is 6. The average molecular weight is 1680 g/mol. The Morgan fingerprint density at radius 1 is 0.569 bits per heavy atom. The Kier molecular flexibility index (Phi) is 26.5. The normalized spacial score (nSPS) is 29.8. The highest BCUT2D eigenvalue weighted by Crippen LogP contribution is 2.62. The minimum atomic E-state index is -1.74. The molecule has 6 heterocycles. The van der Waals surface area contributed by atoms with Gasteiger partial charge in [-0.05, 0) is 216 Å². The van der Waals surface area contributed by atoms with Gasteiger partial charge in [0.2, 0.25) is 23.3 Å². The summed E-state index contributed by atoms with van der Waals surface area (Å²) in [4.78, 5) is 104. The predicted octanol–water partition coefficient (Wildman–Crippen LogP) is 11.0. The van der Waals surface area contributed by atoms with Gasteiger partial charge >= 0.3 is 17.9 Å². The maximum Gasteiger partial charge on any atom is 0.374 e. The average Bonchev–Trinajstić information content (AvgIpc) is 0.974. The lowest BCUT2D eigenvalue weighted by Gasteiger charge is -2.57. The standard InChI is InChI=1S/C87H104Cl2N4O21S2/c1-10-14-45-29-57(92(5)39-45)80(100)90-70(43(3)88)76-72(96)78(74(98)85(113-76)115-8)111-83(103)66-34-59(94)68-62(16-12-18-64(68)109-66)106-41-55(108-82(102)54-23-22-50-31-51(20-21-52(50)32-54)53-24-25-61(105-7)56(33-53)87-36-47-26-48(37-87)28-49(27-47)38-87)42-107-63-17-13-19-65-69(63)60(95)35-67(110-65)84(104)112-79-73(97)77(114-86(116-9)75(79)99)71(44(4)89)91-81(101)58-30-46(15-11-2)40-93(58)6/h12-13,16-25,31-35,43-49,55,57-58,70-79,85-86,96-99H,10-11,14-15,26-30,36-42H2,1-9H3,(H,90,100)(H,91,101). The fourth-order valence-electron chi connectivity index (χ4n) is 19.6. The van der Waals surface area contributed by atoms with E-state index in [1.165, 1.54) is 80.5 Å². The number of ether oxygens (including phenoxy) is 8. The summed E-state index contributed by atoms with van der Waals surface area (Å²) < 4.78 is 61.2. The number of esters is 3. The molecule has 4 aliphatic carbocycles. The quantitative estimate of drug-likeness (QED) is 0.0144. The molecule has 116 heavy (non-hydrogen) atoms. The van der Waals surface area contributed by atoms with Crippen LogP contribution in [0.15, 0.2) is 122 Å². The summed E-state index contributed by atoms with van der Waals surface area (Å²) in [7, 11) is 5.50. The summed E-state index contributed by atoms with van der Waals surface area (Å²) in [6.07, 6.45) is 1.97. The minimum Gasteiger partial charge on any atom is -0.496 e. The number of benzene rings is 5. The molecule has 4 bridgehead atoms.